The number of aryl methyl sites for hydroxylation is 3. The summed E-state index contributed by atoms with van der Waals surface area (Å²) in [5, 5.41) is 10.2. The summed E-state index contributed by atoms with van der Waals surface area (Å²) in [5.41, 5.74) is 3.78. The van der Waals surface area contributed by atoms with Crippen LogP contribution in [0.1, 0.15) is 35.3 Å². The van der Waals surface area contributed by atoms with Crippen LogP contribution in [0.15, 0.2) is 29.3 Å². The molecule has 0 aliphatic rings. The number of rotatable bonds is 7. The fourth-order valence-corrected chi connectivity index (χ4v) is 3.81. The predicted octanol–water partition coefficient (Wildman–Crippen LogP) is 1.96. The molecule has 0 saturated carbocycles. The van der Waals surface area contributed by atoms with Crippen LogP contribution in [0.4, 0.5) is 0 Å². The van der Waals surface area contributed by atoms with Crippen molar-refractivity contribution in [3.63, 3.8) is 0 Å². The van der Waals surface area contributed by atoms with Gasteiger partial charge in [-0.05, 0) is 44.9 Å². The molecule has 0 spiro atoms. The molecule has 1 atom stereocenters. The van der Waals surface area contributed by atoms with Crippen molar-refractivity contribution in [2.45, 2.75) is 38.6 Å². The highest BCUT2D eigenvalue weighted by Crippen LogP contribution is 2.16. The van der Waals surface area contributed by atoms with E-state index >= 15 is 0 Å². The van der Waals surface area contributed by atoms with E-state index < -0.39 is 10.0 Å². The first-order chi connectivity index (χ1) is 10.8. The van der Waals surface area contributed by atoms with Gasteiger partial charge in [0.1, 0.15) is 0 Å². The Hall–Kier alpha value is -1.70. The Morgan fingerprint density at radius 3 is 2.61 bits per heavy atom. The van der Waals surface area contributed by atoms with Crippen LogP contribution < -0.4 is 10.0 Å². The molecule has 126 valence electrons. The van der Waals surface area contributed by atoms with Crippen LogP contribution in [0.25, 0.3) is 0 Å². The Morgan fingerprint density at radius 2 is 1.96 bits per heavy atom. The van der Waals surface area contributed by atoms with Crippen LogP contribution >= 0.6 is 0 Å². The fourth-order valence-electron chi connectivity index (χ4n) is 2.46. The minimum absolute atomic E-state index is 0.110. The number of hydrogen-bond donors (Lipinski definition) is 3. The van der Waals surface area contributed by atoms with Gasteiger partial charge in [0.15, 0.2) is 0 Å². The van der Waals surface area contributed by atoms with Crippen molar-refractivity contribution < 1.29 is 8.42 Å². The Morgan fingerprint density at radius 1 is 1.22 bits per heavy atom. The second-order valence-electron chi connectivity index (χ2n) is 5.79. The topological polar surface area (TPSA) is 86.9 Å². The van der Waals surface area contributed by atoms with E-state index in [0.29, 0.717) is 18.0 Å². The van der Waals surface area contributed by atoms with Crippen LogP contribution in [0.2, 0.25) is 0 Å². The van der Waals surface area contributed by atoms with Crippen LogP contribution in [-0.4, -0.2) is 31.7 Å². The molecule has 23 heavy (non-hydrogen) atoms. The van der Waals surface area contributed by atoms with E-state index in [-0.39, 0.29) is 6.04 Å². The van der Waals surface area contributed by atoms with Gasteiger partial charge < -0.3 is 5.32 Å². The number of nitrogens with zero attached hydrogens (tertiary/aromatic N) is 1. The smallest absolute Gasteiger partial charge is 0.240 e. The maximum atomic E-state index is 12.4. The minimum Gasteiger partial charge on any atom is -0.309 e. The lowest BCUT2D eigenvalue weighted by molar-refractivity contribution is 0.552. The van der Waals surface area contributed by atoms with E-state index in [1.165, 1.54) is 0 Å². The highest BCUT2D eigenvalue weighted by molar-refractivity contribution is 7.89. The molecule has 2 aromatic rings. The average molecular weight is 336 g/mol. The van der Waals surface area contributed by atoms with Crippen molar-refractivity contribution in [1.29, 1.82) is 0 Å². The van der Waals surface area contributed by atoms with Crippen LogP contribution in [-0.2, 0) is 10.0 Å². The van der Waals surface area contributed by atoms with Crippen LogP contribution in [0, 0.1) is 20.8 Å². The van der Waals surface area contributed by atoms with Crippen molar-refractivity contribution in [1.82, 2.24) is 20.2 Å². The number of benzene rings is 1. The summed E-state index contributed by atoms with van der Waals surface area (Å²) in [4.78, 5) is 0.344. The molecular weight excluding hydrogens is 312 g/mol. The quantitative estimate of drug-likeness (QED) is 0.675. The van der Waals surface area contributed by atoms with E-state index in [4.69, 9.17) is 0 Å². The van der Waals surface area contributed by atoms with E-state index in [0.717, 1.165) is 22.4 Å². The first kappa shape index (κ1) is 17.7. The normalized spacial score (nSPS) is 13.2. The highest BCUT2D eigenvalue weighted by Gasteiger charge is 2.16. The van der Waals surface area contributed by atoms with Crippen LogP contribution in [0.5, 0.6) is 0 Å². The molecule has 0 radical (unpaired) electrons. The number of nitrogens with one attached hydrogen (secondary N) is 3. The second-order valence-corrected chi connectivity index (χ2v) is 7.53. The molecule has 1 aromatic heterocycles. The summed E-state index contributed by atoms with van der Waals surface area (Å²) >= 11 is 0. The van der Waals surface area contributed by atoms with Crippen molar-refractivity contribution in [3.05, 3.63) is 46.8 Å². The molecule has 0 fully saturated rings. The predicted molar refractivity (Wildman–Crippen MR) is 90.8 cm³/mol. The maximum Gasteiger partial charge on any atom is 0.240 e. The lowest BCUT2D eigenvalue weighted by atomic mass is 10.1. The van der Waals surface area contributed by atoms with Gasteiger partial charge in [-0.2, -0.15) is 5.10 Å². The van der Waals surface area contributed by atoms with E-state index in [9.17, 15) is 8.42 Å². The lowest BCUT2D eigenvalue weighted by Gasteiger charge is -2.14. The summed E-state index contributed by atoms with van der Waals surface area (Å²) in [7, 11) is -3.48. The zero-order chi connectivity index (χ0) is 17.0. The van der Waals surface area contributed by atoms with Crippen molar-refractivity contribution in [2.24, 2.45) is 0 Å². The molecule has 3 N–H and O–H groups in total. The molecule has 0 aliphatic heterocycles. The number of aromatic nitrogens is 2. The number of hydrogen-bond acceptors (Lipinski definition) is 4. The summed E-state index contributed by atoms with van der Waals surface area (Å²) in [5.74, 6) is 0. The van der Waals surface area contributed by atoms with Gasteiger partial charge in [-0.25, -0.2) is 13.1 Å². The largest absolute Gasteiger partial charge is 0.309 e. The first-order valence-electron chi connectivity index (χ1n) is 7.61. The third-order valence-corrected chi connectivity index (χ3v) is 5.44. The lowest BCUT2D eigenvalue weighted by Crippen LogP contribution is -2.33. The first-order valence-corrected chi connectivity index (χ1v) is 9.10. The fraction of sp³-hybridized carbons (Fsp3) is 0.438. The summed E-state index contributed by atoms with van der Waals surface area (Å²) < 4.78 is 27.4. The molecule has 0 amide bonds. The Bertz CT molecular complexity index is 768. The zero-order valence-electron chi connectivity index (χ0n) is 14.0. The van der Waals surface area contributed by atoms with Gasteiger partial charge >= 0.3 is 0 Å². The maximum absolute atomic E-state index is 12.4. The minimum atomic E-state index is -3.48. The van der Waals surface area contributed by atoms with Gasteiger partial charge in [0, 0.05) is 30.4 Å². The third-order valence-electron chi connectivity index (χ3n) is 3.84. The number of aromatic amines is 1. The van der Waals surface area contributed by atoms with E-state index in [2.05, 4.69) is 20.2 Å². The SMILES string of the molecule is Cc1ccc(C)c(S(=O)(=O)NCCN[C@@H](C)c2cn[nH]c2C)c1. The number of sulfonamides is 1. The standard InChI is InChI=1S/C16H24N4O2S/c1-11-5-6-12(2)16(9-11)23(21,22)19-8-7-17-13(3)15-10-18-20-14(15)4/h5-6,9-10,13,17,19H,7-8H2,1-4H3,(H,18,20)/t13-/m0/s1. The van der Waals surface area contributed by atoms with Crippen molar-refractivity contribution >= 4 is 10.0 Å². The molecule has 1 heterocycles. The molecule has 0 bridgehead atoms. The van der Waals surface area contributed by atoms with Crippen molar-refractivity contribution in [3.8, 4) is 0 Å². The summed E-state index contributed by atoms with van der Waals surface area (Å²) in [6.07, 6.45) is 1.78. The summed E-state index contributed by atoms with van der Waals surface area (Å²) in [6.45, 7) is 8.54. The van der Waals surface area contributed by atoms with Gasteiger partial charge in [-0.15, -0.1) is 0 Å². The van der Waals surface area contributed by atoms with Gasteiger partial charge in [0.05, 0.1) is 11.1 Å². The monoisotopic (exact) mass is 336 g/mol. The van der Waals surface area contributed by atoms with Crippen molar-refractivity contribution in [2.75, 3.05) is 13.1 Å². The third kappa shape index (κ3) is 4.40. The molecule has 1 aromatic carbocycles. The molecule has 2 rings (SSSR count). The molecule has 0 aliphatic carbocycles. The Labute approximate surface area is 137 Å². The summed E-state index contributed by atoms with van der Waals surface area (Å²) in [6, 6.07) is 5.54. The van der Waals surface area contributed by atoms with Gasteiger partial charge in [-0.1, -0.05) is 12.1 Å². The molecule has 7 heteroatoms. The average Bonchev–Trinajstić information content (AvgIpc) is 2.92. The highest BCUT2D eigenvalue weighted by atomic mass is 32.2. The second kappa shape index (κ2) is 7.25. The van der Waals surface area contributed by atoms with Crippen LogP contribution in [0.3, 0.4) is 0 Å². The Kier molecular flexibility index (Phi) is 5.56. The van der Waals surface area contributed by atoms with Gasteiger partial charge in [0.25, 0.3) is 0 Å². The Balaban J connectivity index is 1.90. The molecule has 0 saturated heterocycles. The molecular formula is C16H24N4O2S. The molecule has 6 nitrogen and oxygen atoms in total. The van der Waals surface area contributed by atoms with E-state index in [1.54, 1.807) is 19.2 Å². The van der Waals surface area contributed by atoms with Gasteiger partial charge in [0.2, 0.25) is 10.0 Å². The van der Waals surface area contributed by atoms with E-state index in [1.807, 2.05) is 32.9 Å². The number of H-pyrrole nitrogens is 1. The molecule has 0 unspecified atom stereocenters. The van der Waals surface area contributed by atoms with Gasteiger partial charge in [-0.3, -0.25) is 5.10 Å². The zero-order valence-corrected chi connectivity index (χ0v) is 14.8.